The van der Waals surface area contributed by atoms with Crippen LogP contribution in [0.15, 0.2) is 28.7 Å². The Kier molecular flexibility index (Phi) is 4.67. The van der Waals surface area contributed by atoms with Crippen LogP contribution in [0.2, 0.25) is 0 Å². The highest BCUT2D eigenvalue weighted by molar-refractivity contribution is 9.10. The first kappa shape index (κ1) is 14.6. The van der Waals surface area contributed by atoms with Gasteiger partial charge in [0.2, 0.25) is 0 Å². The highest BCUT2D eigenvalue weighted by Crippen LogP contribution is 2.38. The Bertz CT molecular complexity index is 444. The van der Waals surface area contributed by atoms with Gasteiger partial charge in [0.15, 0.2) is 0 Å². The maximum Gasteiger partial charge on any atom is 0.254 e. The van der Waals surface area contributed by atoms with Gasteiger partial charge in [0.1, 0.15) is 0 Å². The first-order chi connectivity index (χ1) is 9.12. The normalized spacial score (nSPS) is 18.4. The van der Waals surface area contributed by atoms with Crippen LogP contribution in [0.1, 0.15) is 49.9 Å². The second-order valence-corrected chi connectivity index (χ2v) is 6.33. The van der Waals surface area contributed by atoms with Crippen molar-refractivity contribution in [2.45, 2.75) is 39.5 Å². The van der Waals surface area contributed by atoms with Gasteiger partial charge in [-0.15, -0.1) is 0 Å². The van der Waals surface area contributed by atoms with E-state index in [4.69, 9.17) is 0 Å². The molecule has 1 aromatic rings. The van der Waals surface area contributed by atoms with E-state index in [1.807, 2.05) is 29.2 Å². The molecule has 1 aliphatic rings. The summed E-state index contributed by atoms with van der Waals surface area (Å²) in [6.45, 7) is 6.33. The van der Waals surface area contributed by atoms with Gasteiger partial charge in [0.25, 0.3) is 5.91 Å². The molecule has 1 amide bonds. The third-order valence-corrected chi connectivity index (χ3v) is 5.41. The number of piperidine rings is 1. The molecule has 0 N–H and O–H groups in total. The van der Waals surface area contributed by atoms with E-state index in [1.165, 1.54) is 12.8 Å². The molecule has 1 saturated heterocycles. The van der Waals surface area contributed by atoms with Crippen molar-refractivity contribution in [2.75, 3.05) is 13.1 Å². The van der Waals surface area contributed by atoms with E-state index >= 15 is 0 Å². The maximum atomic E-state index is 12.5. The van der Waals surface area contributed by atoms with Crippen molar-refractivity contribution in [2.24, 2.45) is 5.41 Å². The molecular formula is C16H22BrNO. The third-order valence-electron chi connectivity index (χ3n) is 4.72. The van der Waals surface area contributed by atoms with Crippen molar-refractivity contribution in [1.29, 1.82) is 0 Å². The van der Waals surface area contributed by atoms with Crippen LogP contribution in [0.25, 0.3) is 0 Å². The zero-order valence-corrected chi connectivity index (χ0v) is 13.4. The molecule has 0 saturated carbocycles. The van der Waals surface area contributed by atoms with Gasteiger partial charge in [-0.2, -0.15) is 0 Å². The molecule has 0 unspecified atom stereocenters. The third kappa shape index (κ3) is 3.02. The zero-order valence-electron chi connectivity index (χ0n) is 11.8. The van der Waals surface area contributed by atoms with E-state index in [2.05, 4.69) is 29.8 Å². The molecule has 3 heteroatoms. The van der Waals surface area contributed by atoms with E-state index in [9.17, 15) is 4.79 Å². The molecule has 19 heavy (non-hydrogen) atoms. The lowest BCUT2D eigenvalue weighted by atomic mass is 9.74. The predicted octanol–water partition coefficient (Wildman–Crippen LogP) is 4.49. The zero-order chi connectivity index (χ0) is 13.9. The quantitative estimate of drug-likeness (QED) is 0.802. The summed E-state index contributed by atoms with van der Waals surface area (Å²) in [6, 6.07) is 7.69. The summed E-state index contributed by atoms with van der Waals surface area (Å²) >= 11 is 3.47. The smallest absolute Gasteiger partial charge is 0.254 e. The van der Waals surface area contributed by atoms with Crippen molar-refractivity contribution in [3.05, 3.63) is 34.3 Å². The van der Waals surface area contributed by atoms with Crippen molar-refractivity contribution >= 4 is 21.8 Å². The molecule has 1 fully saturated rings. The Hall–Kier alpha value is -0.830. The summed E-state index contributed by atoms with van der Waals surface area (Å²) in [5.74, 6) is 0.160. The number of carbonyl (C=O) groups is 1. The largest absolute Gasteiger partial charge is 0.339 e. The first-order valence-corrected chi connectivity index (χ1v) is 7.95. The number of rotatable bonds is 3. The molecule has 104 valence electrons. The fraction of sp³-hybridized carbons (Fsp3) is 0.562. The summed E-state index contributed by atoms with van der Waals surface area (Å²) in [7, 11) is 0. The average Bonchev–Trinajstić information content (AvgIpc) is 2.47. The molecule has 0 spiro atoms. The number of hydrogen-bond acceptors (Lipinski definition) is 1. The fourth-order valence-electron chi connectivity index (χ4n) is 2.95. The lowest BCUT2D eigenvalue weighted by Gasteiger charge is -2.41. The summed E-state index contributed by atoms with van der Waals surface area (Å²) in [6.07, 6.45) is 4.72. The van der Waals surface area contributed by atoms with E-state index in [0.29, 0.717) is 5.41 Å². The van der Waals surface area contributed by atoms with Crippen molar-refractivity contribution in [3.8, 4) is 0 Å². The van der Waals surface area contributed by atoms with Gasteiger partial charge < -0.3 is 4.90 Å². The van der Waals surface area contributed by atoms with Crippen LogP contribution in [0.4, 0.5) is 0 Å². The summed E-state index contributed by atoms with van der Waals surface area (Å²) in [5, 5.41) is 0. The molecule has 1 aromatic carbocycles. The van der Waals surface area contributed by atoms with E-state index in [-0.39, 0.29) is 5.91 Å². The van der Waals surface area contributed by atoms with Crippen LogP contribution in [0, 0.1) is 5.41 Å². The Balaban J connectivity index is 2.06. The minimum absolute atomic E-state index is 0.160. The number of benzene rings is 1. The number of likely N-dealkylation sites (tertiary alicyclic amines) is 1. The molecule has 2 nitrogen and oxygen atoms in total. The number of hydrogen-bond donors (Lipinski definition) is 0. The van der Waals surface area contributed by atoms with Crippen molar-refractivity contribution in [3.63, 3.8) is 0 Å². The molecule has 0 aliphatic carbocycles. The standard InChI is InChI=1S/C16H22BrNO/c1-3-16(4-2)9-11-18(12-10-16)15(19)13-7-5-6-8-14(13)17/h5-8H,3-4,9-12H2,1-2H3. The minimum atomic E-state index is 0.160. The molecule has 2 rings (SSSR count). The summed E-state index contributed by atoms with van der Waals surface area (Å²) in [5.41, 5.74) is 1.24. The Morgan fingerprint density at radius 3 is 2.32 bits per heavy atom. The van der Waals surface area contributed by atoms with Crippen LogP contribution in [-0.4, -0.2) is 23.9 Å². The van der Waals surface area contributed by atoms with Crippen LogP contribution in [0.5, 0.6) is 0 Å². The van der Waals surface area contributed by atoms with Crippen molar-refractivity contribution in [1.82, 2.24) is 4.90 Å². The van der Waals surface area contributed by atoms with Gasteiger partial charge in [-0.3, -0.25) is 4.79 Å². The van der Waals surface area contributed by atoms with Gasteiger partial charge in [-0.1, -0.05) is 38.8 Å². The molecule has 1 heterocycles. The second kappa shape index (κ2) is 6.08. The predicted molar refractivity (Wildman–Crippen MR) is 82.3 cm³/mol. The van der Waals surface area contributed by atoms with E-state index in [1.54, 1.807) is 0 Å². The van der Waals surface area contributed by atoms with Gasteiger partial charge in [0.05, 0.1) is 5.56 Å². The molecule has 0 bridgehead atoms. The Labute approximate surface area is 124 Å². The SMILES string of the molecule is CCC1(CC)CCN(C(=O)c2ccccc2Br)CC1. The summed E-state index contributed by atoms with van der Waals surface area (Å²) in [4.78, 5) is 14.5. The maximum absolute atomic E-state index is 12.5. The van der Waals surface area contributed by atoms with Gasteiger partial charge in [-0.25, -0.2) is 0 Å². The van der Waals surface area contributed by atoms with Crippen LogP contribution >= 0.6 is 15.9 Å². The van der Waals surface area contributed by atoms with E-state index in [0.717, 1.165) is 36.0 Å². The van der Waals surface area contributed by atoms with E-state index < -0.39 is 0 Å². The highest BCUT2D eigenvalue weighted by atomic mass is 79.9. The molecule has 1 aliphatic heterocycles. The topological polar surface area (TPSA) is 20.3 Å². The molecule has 0 aromatic heterocycles. The Morgan fingerprint density at radius 1 is 1.21 bits per heavy atom. The fourth-order valence-corrected chi connectivity index (χ4v) is 3.40. The monoisotopic (exact) mass is 323 g/mol. The van der Waals surface area contributed by atoms with Crippen molar-refractivity contribution < 1.29 is 4.79 Å². The molecular weight excluding hydrogens is 302 g/mol. The number of carbonyl (C=O) groups excluding carboxylic acids is 1. The summed E-state index contributed by atoms with van der Waals surface area (Å²) < 4.78 is 0.891. The molecule has 0 atom stereocenters. The highest BCUT2D eigenvalue weighted by Gasteiger charge is 2.33. The van der Waals surface area contributed by atoms with Gasteiger partial charge in [0, 0.05) is 17.6 Å². The number of halogens is 1. The van der Waals surface area contributed by atoms with Crippen LogP contribution in [0.3, 0.4) is 0 Å². The Morgan fingerprint density at radius 2 is 1.79 bits per heavy atom. The second-order valence-electron chi connectivity index (χ2n) is 5.48. The number of amides is 1. The average molecular weight is 324 g/mol. The number of nitrogens with zero attached hydrogens (tertiary/aromatic N) is 1. The lowest BCUT2D eigenvalue weighted by Crippen LogP contribution is -2.42. The van der Waals surface area contributed by atoms with Crippen LogP contribution < -0.4 is 0 Å². The van der Waals surface area contributed by atoms with Gasteiger partial charge >= 0.3 is 0 Å². The lowest BCUT2D eigenvalue weighted by molar-refractivity contribution is 0.0557. The van der Waals surface area contributed by atoms with Gasteiger partial charge in [-0.05, 0) is 46.3 Å². The first-order valence-electron chi connectivity index (χ1n) is 7.15. The molecule has 0 radical (unpaired) electrons. The minimum Gasteiger partial charge on any atom is -0.339 e. The van der Waals surface area contributed by atoms with Crippen LogP contribution in [-0.2, 0) is 0 Å².